The van der Waals surface area contributed by atoms with E-state index in [1.165, 1.54) is 24.1 Å². The van der Waals surface area contributed by atoms with Gasteiger partial charge < -0.3 is 10.3 Å². The molecule has 5 nitrogen and oxygen atoms in total. The van der Waals surface area contributed by atoms with Crippen LogP contribution in [0, 0.1) is 0 Å². The predicted octanol–water partition coefficient (Wildman–Crippen LogP) is 2.92. The summed E-state index contributed by atoms with van der Waals surface area (Å²) in [7, 11) is 0. The van der Waals surface area contributed by atoms with Gasteiger partial charge in [-0.3, -0.25) is 9.88 Å². The molecule has 0 amide bonds. The van der Waals surface area contributed by atoms with Crippen molar-refractivity contribution < 1.29 is 0 Å². The summed E-state index contributed by atoms with van der Waals surface area (Å²) in [5, 5.41) is 0. The lowest BCUT2D eigenvalue weighted by Gasteiger charge is -2.35. The Morgan fingerprint density at radius 2 is 2.21 bits per heavy atom. The first-order valence-corrected chi connectivity index (χ1v) is 9.21. The molecule has 0 unspecified atom stereocenters. The monoisotopic (exact) mass is 327 g/mol. The van der Waals surface area contributed by atoms with Crippen molar-refractivity contribution in [2.24, 2.45) is 5.73 Å². The molecule has 1 aliphatic carbocycles. The minimum Gasteiger partial charge on any atom is -0.334 e. The van der Waals surface area contributed by atoms with Crippen molar-refractivity contribution >= 4 is 0 Å². The number of aryl methyl sites for hydroxylation is 2. The zero-order chi connectivity index (χ0) is 16.8. The van der Waals surface area contributed by atoms with Crippen LogP contribution in [-0.2, 0) is 19.5 Å². The van der Waals surface area contributed by atoms with Gasteiger partial charge in [-0.2, -0.15) is 0 Å². The van der Waals surface area contributed by atoms with Gasteiger partial charge in [-0.25, -0.2) is 4.98 Å². The number of nitrogens with two attached hydrogens (primary N) is 1. The predicted molar refractivity (Wildman–Crippen MR) is 96.5 cm³/mol. The number of unbranched alkanes of at least 4 members (excludes halogenated alkanes) is 1. The maximum atomic E-state index is 5.70. The van der Waals surface area contributed by atoms with Crippen molar-refractivity contribution in [1.29, 1.82) is 0 Å². The standard InChI is InChI=1S/C19H29N5/c1-2-23-14-12-21-18(23)15-24(13-4-3-10-20)17-9-5-7-16-8-6-11-22-19(16)17/h6,8,11-12,14,17H,2-5,7,9-10,13,15,20H2,1H3/t17-/m0/s1. The van der Waals surface area contributed by atoms with Crippen LogP contribution in [0.15, 0.2) is 30.7 Å². The van der Waals surface area contributed by atoms with Crippen LogP contribution in [0.1, 0.15) is 55.7 Å². The summed E-state index contributed by atoms with van der Waals surface area (Å²) in [6.07, 6.45) is 11.7. The first-order chi connectivity index (χ1) is 11.8. The van der Waals surface area contributed by atoms with Crippen molar-refractivity contribution in [2.45, 2.75) is 58.2 Å². The van der Waals surface area contributed by atoms with E-state index in [1.54, 1.807) is 0 Å². The molecule has 2 heterocycles. The summed E-state index contributed by atoms with van der Waals surface area (Å²) in [6, 6.07) is 4.69. The third kappa shape index (κ3) is 3.84. The van der Waals surface area contributed by atoms with E-state index in [4.69, 9.17) is 10.7 Å². The topological polar surface area (TPSA) is 60.0 Å². The summed E-state index contributed by atoms with van der Waals surface area (Å²) in [5.41, 5.74) is 8.39. The fraction of sp³-hybridized carbons (Fsp3) is 0.579. The van der Waals surface area contributed by atoms with Gasteiger partial charge >= 0.3 is 0 Å². The fourth-order valence-corrected chi connectivity index (χ4v) is 3.71. The van der Waals surface area contributed by atoms with Crippen LogP contribution in [0.5, 0.6) is 0 Å². The highest BCUT2D eigenvalue weighted by atomic mass is 15.2. The van der Waals surface area contributed by atoms with E-state index < -0.39 is 0 Å². The van der Waals surface area contributed by atoms with Crippen LogP contribution in [-0.4, -0.2) is 32.5 Å². The minimum absolute atomic E-state index is 0.398. The summed E-state index contributed by atoms with van der Waals surface area (Å²) in [5.74, 6) is 1.15. The Morgan fingerprint density at radius 1 is 1.29 bits per heavy atom. The molecule has 0 bridgehead atoms. The quantitative estimate of drug-likeness (QED) is 0.757. The van der Waals surface area contributed by atoms with Gasteiger partial charge in [0.2, 0.25) is 0 Å². The molecule has 5 heteroatoms. The van der Waals surface area contributed by atoms with Crippen molar-refractivity contribution in [3.8, 4) is 0 Å². The van der Waals surface area contributed by atoms with Gasteiger partial charge in [-0.1, -0.05) is 6.07 Å². The van der Waals surface area contributed by atoms with E-state index >= 15 is 0 Å². The highest BCUT2D eigenvalue weighted by molar-refractivity contribution is 5.25. The van der Waals surface area contributed by atoms with Gasteiger partial charge in [0, 0.05) is 25.1 Å². The number of nitrogens with zero attached hydrogens (tertiary/aromatic N) is 4. The molecule has 0 spiro atoms. The normalized spacial score (nSPS) is 17.2. The van der Waals surface area contributed by atoms with Crippen LogP contribution >= 0.6 is 0 Å². The summed E-state index contributed by atoms with van der Waals surface area (Å²) in [6.45, 7) is 5.82. The SMILES string of the molecule is CCn1ccnc1CN(CCCCN)[C@H]1CCCc2cccnc21. The number of imidazole rings is 1. The van der Waals surface area contributed by atoms with Gasteiger partial charge in [-0.05, 0) is 63.7 Å². The third-order valence-electron chi connectivity index (χ3n) is 4.99. The lowest BCUT2D eigenvalue weighted by Crippen LogP contribution is -2.33. The third-order valence-corrected chi connectivity index (χ3v) is 4.99. The Morgan fingerprint density at radius 3 is 3.04 bits per heavy atom. The molecule has 3 rings (SSSR count). The van der Waals surface area contributed by atoms with Crippen molar-refractivity contribution in [3.05, 3.63) is 47.8 Å². The number of fused-ring (bicyclic) bond motifs is 1. The average Bonchev–Trinajstić information content (AvgIpc) is 3.08. The van der Waals surface area contributed by atoms with Crippen LogP contribution < -0.4 is 5.73 Å². The molecule has 2 aromatic heterocycles. The van der Waals surface area contributed by atoms with Crippen LogP contribution in [0.2, 0.25) is 0 Å². The van der Waals surface area contributed by atoms with Crippen LogP contribution in [0.25, 0.3) is 0 Å². The second kappa shape index (κ2) is 8.40. The van der Waals surface area contributed by atoms with E-state index in [1.807, 2.05) is 12.4 Å². The van der Waals surface area contributed by atoms with E-state index in [0.29, 0.717) is 6.04 Å². The van der Waals surface area contributed by atoms with E-state index in [9.17, 15) is 0 Å². The number of pyridine rings is 1. The molecule has 0 aromatic carbocycles. The highest BCUT2D eigenvalue weighted by Crippen LogP contribution is 2.33. The molecule has 0 radical (unpaired) electrons. The molecular weight excluding hydrogens is 298 g/mol. The number of hydrogen-bond acceptors (Lipinski definition) is 4. The summed E-state index contributed by atoms with van der Waals surface area (Å²) in [4.78, 5) is 11.9. The Labute approximate surface area is 144 Å². The van der Waals surface area contributed by atoms with Crippen LogP contribution in [0.3, 0.4) is 0 Å². The number of rotatable bonds is 8. The van der Waals surface area contributed by atoms with Gasteiger partial charge in [0.25, 0.3) is 0 Å². The zero-order valence-corrected chi connectivity index (χ0v) is 14.7. The zero-order valence-electron chi connectivity index (χ0n) is 14.7. The second-order valence-corrected chi connectivity index (χ2v) is 6.55. The Hall–Kier alpha value is -1.72. The lowest BCUT2D eigenvalue weighted by molar-refractivity contribution is 0.157. The number of hydrogen-bond donors (Lipinski definition) is 1. The maximum Gasteiger partial charge on any atom is 0.122 e. The van der Waals surface area contributed by atoms with Gasteiger partial charge in [0.05, 0.1) is 18.3 Å². The molecule has 1 aliphatic rings. The molecule has 2 N–H and O–H groups in total. The highest BCUT2D eigenvalue weighted by Gasteiger charge is 2.27. The molecule has 0 saturated heterocycles. The molecule has 130 valence electrons. The maximum absolute atomic E-state index is 5.70. The van der Waals surface area contributed by atoms with Gasteiger partial charge in [-0.15, -0.1) is 0 Å². The average molecular weight is 327 g/mol. The number of aromatic nitrogens is 3. The lowest BCUT2D eigenvalue weighted by atomic mass is 9.90. The van der Waals surface area contributed by atoms with E-state index in [-0.39, 0.29) is 0 Å². The Kier molecular flexibility index (Phi) is 5.99. The molecule has 0 fully saturated rings. The first kappa shape index (κ1) is 17.1. The smallest absolute Gasteiger partial charge is 0.122 e. The van der Waals surface area contributed by atoms with E-state index in [2.05, 4.69) is 39.7 Å². The van der Waals surface area contributed by atoms with Crippen LogP contribution in [0.4, 0.5) is 0 Å². The van der Waals surface area contributed by atoms with Crippen molar-refractivity contribution in [3.63, 3.8) is 0 Å². The van der Waals surface area contributed by atoms with E-state index in [0.717, 1.165) is 51.3 Å². The molecule has 0 aliphatic heterocycles. The first-order valence-electron chi connectivity index (χ1n) is 9.21. The summed E-state index contributed by atoms with van der Waals surface area (Å²) < 4.78 is 2.23. The minimum atomic E-state index is 0.398. The molecule has 1 atom stereocenters. The van der Waals surface area contributed by atoms with Crippen molar-refractivity contribution in [1.82, 2.24) is 19.4 Å². The Bertz CT molecular complexity index is 636. The molecular formula is C19H29N5. The second-order valence-electron chi connectivity index (χ2n) is 6.55. The summed E-state index contributed by atoms with van der Waals surface area (Å²) >= 11 is 0. The molecule has 24 heavy (non-hydrogen) atoms. The molecule has 2 aromatic rings. The Balaban J connectivity index is 1.82. The fourth-order valence-electron chi connectivity index (χ4n) is 3.71. The van der Waals surface area contributed by atoms with Gasteiger partial charge in [0.15, 0.2) is 0 Å². The molecule has 0 saturated carbocycles. The van der Waals surface area contributed by atoms with Gasteiger partial charge in [0.1, 0.15) is 5.82 Å². The largest absolute Gasteiger partial charge is 0.334 e. The van der Waals surface area contributed by atoms with Crippen molar-refractivity contribution in [2.75, 3.05) is 13.1 Å².